The molecule has 0 bridgehead atoms. The van der Waals surface area contributed by atoms with Crippen LogP contribution in [-0.4, -0.2) is 66.8 Å². The number of carbonyl (C=O) groups is 1. The summed E-state index contributed by atoms with van der Waals surface area (Å²) in [5.41, 5.74) is 0. The molecular weight excluding hydrogens is 284 g/mol. The third kappa shape index (κ3) is 3.30. The van der Waals surface area contributed by atoms with E-state index in [0.29, 0.717) is 44.7 Å². The van der Waals surface area contributed by atoms with Crippen LogP contribution in [0.1, 0.15) is 13.3 Å². The molecule has 1 unspecified atom stereocenters. The van der Waals surface area contributed by atoms with Gasteiger partial charge in [0.05, 0.1) is 19.1 Å². The van der Waals surface area contributed by atoms with Gasteiger partial charge in [-0.2, -0.15) is 4.98 Å². The highest BCUT2D eigenvalue weighted by Crippen LogP contribution is 2.19. The highest BCUT2D eigenvalue weighted by Gasteiger charge is 2.30. The van der Waals surface area contributed by atoms with Crippen LogP contribution in [-0.2, 0) is 9.53 Å². The Bertz CT molecular complexity index is 511. The molecule has 0 aromatic carbocycles. The highest BCUT2D eigenvalue weighted by molar-refractivity contribution is 5.79. The molecular formula is C15H22N4O3. The Morgan fingerprint density at radius 3 is 2.91 bits per heavy atom. The fourth-order valence-corrected chi connectivity index (χ4v) is 2.83. The lowest BCUT2D eigenvalue weighted by molar-refractivity contribution is -0.135. The average Bonchev–Trinajstić information content (AvgIpc) is 3.09. The van der Waals surface area contributed by atoms with E-state index in [-0.39, 0.29) is 11.8 Å². The van der Waals surface area contributed by atoms with Gasteiger partial charge in [0.15, 0.2) is 0 Å². The van der Waals surface area contributed by atoms with E-state index in [4.69, 9.17) is 9.47 Å². The minimum Gasteiger partial charge on any atom is -0.478 e. The summed E-state index contributed by atoms with van der Waals surface area (Å²) in [5, 5.41) is 0. The van der Waals surface area contributed by atoms with Crippen LogP contribution in [0.3, 0.4) is 0 Å². The Hall–Kier alpha value is -1.89. The molecule has 0 saturated carbocycles. The van der Waals surface area contributed by atoms with E-state index in [9.17, 15) is 4.79 Å². The van der Waals surface area contributed by atoms with Crippen molar-refractivity contribution in [1.29, 1.82) is 0 Å². The van der Waals surface area contributed by atoms with Crippen LogP contribution < -0.4 is 9.64 Å². The molecule has 7 heteroatoms. The largest absolute Gasteiger partial charge is 0.478 e. The number of carbonyl (C=O) groups excluding carboxylic acids is 1. The van der Waals surface area contributed by atoms with Gasteiger partial charge in [0.2, 0.25) is 17.7 Å². The molecule has 3 rings (SSSR count). The van der Waals surface area contributed by atoms with Crippen LogP contribution in [0.15, 0.2) is 12.3 Å². The zero-order chi connectivity index (χ0) is 15.4. The molecule has 2 saturated heterocycles. The van der Waals surface area contributed by atoms with Crippen molar-refractivity contribution in [3.8, 4) is 5.88 Å². The SMILES string of the molecule is CCOc1ccnc(N2CCN(C(=O)C3CCOC3)CC2)n1. The summed E-state index contributed by atoms with van der Waals surface area (Å²) < 4.78 is 10.7. The molecule has 1 aromatic rings. The minimum absolute atomic E-state index is 0.0454. The number of nitrogens with zero attached hydrogens (tertiary/aromatic N) is 4. The van der Waals surface area contributed by atoms with Gasteiger partial charge in [-0.25, -0.2) is 4.98 Å². The van der Waals surface area contributed by atoms with E-state index in [0.717, 1.165) is 19.5 Å². The predicted molar refractivity (Wildman–Crippen MR) is 80.9 cm³/mol. The Morgan fingerprint density at radius 1 is 1.41 bits per heavy atom. The van der Waals surface area contributed by atoms with E-state index in [1.165, 1.54) is 0 Å². The van der Waals surface area contributed by atoms with Crippen LogP contribution >= 0.6 is 0 Å². The van der Waals surface area contributed by atoms with Crippen LogP contribution in [0.4, 0.5) is 5.95 Å². The molecule has 120 valence electrons. The second kappa shape index (κ2) is 6.91. The summed E-state index contributed by atoms with van der Waals surface area (Å²) in [6.45, 7) is 6.69. The normalized spacial score (nSPS) is 22.0. The van der Waals surface area contributed by atoms with Gasteiger partial charge >= 0.3 is 0 Å². The van der Waals surface area contributed by atoms with Crippen LogP contribution in [0.25, 0.3) is 0 Å². The number of hydrogen-bond donors (Lipinski definition) is 0. The quantitative estimate of drug-likeness (QED) is 0.810. The second-order valence-electron chi connectivity index (χ2n) is 5.50. The van der Waals surface area contributed by atoms with E-state index in [1.807, 2.05) is 11.8 Å². The van der Waals surface area contributed by atoms with Crippen molar-refractivity contribution >= 4 is 11.9 Å². The summed E-state index contributed by atoms with van der Waals surface area (Å²) in [5.74, 6) is 1.53. The van der Waals surface area contributed by atoms with Crippen molar-refractivity contribution < 1.29 is 14.3 Å². The minimum atomic E-state index is 0.0454. The van der Waals surface area contributed by atoms with Gasteiger partial charge in [-0.15, -0.1) is 0 Å². The van der Waals surface area contributed by atoms with Crippen molar-refractivity contribution in [2.45, 2.75) is 13.3 Å². The third-order valence-corrected chi connectivity index (χ3v) is 4.06. The Morgan fingerprint density at radius 2 is 2.23 bits per heavy atom. The van der Waals surface area contributed by atoms with E-state index < -0.39 is 0 Å². The monoisotopic (exact) mass is 306 g/mol. The molecule has 1 amide bonds. The number of anilines is 1. The van der Waals surface area contributed by atoms with Gasteiger partial charge < -0.3 is 19.3 Å². The van der Waals surface area contributed by atoms with E-state index in [2.05, 4.69) is 14.9 Å². The molecule has 0 N–H and O–H groups in total. The standard InChI is InChI=1S/C15H22N4O3/c1-2-22-13-3-5-16-15(17-13)19-8-6-18(7-9-19)14(20)12-4-10-21-11-12/h3,5,12H,2,4,6-11H2,1H3. The Labute approximate surface area is 130 Å². The first-order valence-electron chi connectivity index (χ1n) is 7.85. The summed E-state index contributed by atoms with van der Waals surface area (Å²) in [6.07, 6.45) is 2.55. The molecule has 2 aliphatic heterocycles. The van der Waals surface area contributed by atoms with Crippen LogP contribution in [0, 0.1) is 5.92 Å². The molecule has 2 fully saturated rings. The number of piperazine rings is 1. The average molecular weight is 306 g/mol. The molecule has 7 nitrogen and oxygen atoms in total. The molecule has 3 heterocycles. The van der Waals surface area contributed by atoms with Crippen LogP contribution in [0.2, 0.25) is 0 Å². The highest BCUT2D eigenvalue weighted by atomic mass is 16.5. The maximum Gasteiger partial charge on any atom is 0.228 e. The molecule has 1 aromatic heterocycles. The third-order valence-electron chi connectivity index (χ3n) is 4.06. The van der Waals surface area contributed by atoms with Gasteiger partial charge in [-0.3, -0.25) is 4.79 Å². The first kappa shape index (κ1) is 15.0. The molecule has 0 radical (unpaired) electrons. The fraction of sp³-hybridized carbons (Fsp3) is 0.667. The van der Waals surface area contributed by atoms with Crippen molar-refractivity contribution in [3.05, 3.63) is 12.3 Å². The molecule has 1 atom stereocenters. The summed E-state index contributed by atoms with van der Waals surface area (Å²) in [4.78, 5) is 25.1. The van der Waals surface area contributed by atoms with Crippen LogP contribution in [0.5, 0.6) is 5.88 Å². The lowest BCUT2D eigenvalue weighted by Crippen LogP contribution is -2.51. The second-order valence-corrected chi connectivity index (χ2v) is 5.50. The number of aromatic nitrogens is 2. The lowest BCUT2D eigenvalue weighted by Gasteiger charge is -2.35. The maximum absolute atomic E-state index is 12.4. The zero-order valence-electron chi connectivity index (χ0n) is 12.9. The van der Waals surface area contributed by atoms with Gasteiger partial charge in [-0.1, -0.05) is 0 Å². The van der Waals surface area contributed by atoms with Gasteiger partial charge in [0, 0.05) is 45.0 Å². The number of amides is 1. The zero-order valence-corrected chi connectivity index (χ0v) is 12.9. The van der Waals surface area contributed by atoms with Gasteiger partial charge in [0.25, 0.3) is 0 Å². The maximum atomic E-state index is 12.4. The van der Waals surface area contributed by atoms with E-state index in [1.54, 1.807) is 12.3 Å². The first-order valence-corrected chi connectivity index (χ1v) is 7.85. The number of ether oxygens (including phenoxy) is 2. The van der Waals surface area contributed by atoms with Crippen molar-refractivity contribution in [3.63, 3.8) is 0 Å². The molecule has 2 aliphatic rings. The van der Waals surface area contributed by atoms with Crippen molar-refractivity contribution in [1.82, 2.24) is 14.9 Å². The van der Waals surface area contributed by atoms with Gasteiger partial charge in [-0.05, 0) is 13.3 Å². The van der Waals surface area contributed by atoms with E-state index >= 15 is 0 Å². The molecule has 22 heavy (non-hydrogen) atoms. The topological polar surface area (TPSA) is 67.8 Å². The first-order chi connectivity index (χ1) is 10.8. The summed E-state index contributed by atoms with van der Waals surface area (Å²) >= 11 is 0. The smallest absolute Gasteiger partial charge is 0.228 e. The Kier molecular flexibility index (Phi) is 4.72. The van der Waals surface area contributed by atoms with Gasteiger partial charge in [0.1, 0.15) is 0 Å². The van der Waals surface area contributed by atoms with Crippen molar-refractivity contribution in [2.24, 2.45) is 5.92 Å². The Balaban J connectivity index is 1.57. The number of rotatable bonds is 4. The molecule has 0 spiro atoms. The fourth-order valence-electron chi connectivity index (χ4n) is 2.83. The lowest BCUT2D eigenvalue weighted by atomic mass is 10.1. The van der Waals surface area contributed by atoms with Crippen molar-refractivity contribution in [2.75, 3.05) is 50.9 Å². The predicted octanol–water partition coefficient (Wildman–Crippen LogP) is 0.560. The summed E-state index contributed by atoms with van der Waals surface area (Å²) in [6, 6.07) is 1.76. The number of hydrogen-bond acceptors (Lipinski definition) is 6. The summed E-state index contributed by atoms with van der Waals surface area (Å²) in [7, 11) is 0. The molecule has 0 aliphatic carbocycles.